The molecule has 0 N–H and O–H groups in total. The Balaban J connectivity index is 2.07. The summed E-state index contributed by atoms with van der Waals surface area (Å²) in [6.07, 6.45) is 0.755. The van der Waals surface area contributed by atoms with Gasteiger partial charge in [0.15, 0.2) is 0 Å². The molecule has 2 fully saturated rings. The largest absolute Gasteiger partial charge is 0.338 e. The van der Waals surface area contributed by atoms with Crippen LogP contribution in [0.15, 0.2) is 0 Å². The van der Waals surface area contributed by atoms with Crippen LogP contribution in [0.3, 0.4) is 0 Å². The van der Waals surface area contributed by atoms with Crippen LogP contribution in [-0.4, -0.2) is 46.9 Å². The van der Waals surface area contributed by atoms with E-state index in [1.54, 1.807) is 0 Å². The average Bonchev–Trinajstić information content (AvgIpc) is 2.57. The van der Waals surface area contributed by atoms with E-state index in [-0.39, 0.29) is 5.54 Å². The first-order valence-corrected chi connectivity index (χ1v) is 6.83. The maximum absolute atomic E-state index is 12.2. The quantitative estimate of drug-likeness (QED) is 0.697. The first-order chi connectivity index (χ1) is 7.79. The SMILES string of the molecule is CC(C)N1CC2CC(=O)N(C(C)(C)C)CC2C1. The normalized spacial score (nSPS) is 31.2. The first-order valence-electron chi connectivity index (χ1n) is 6.83. The van der Waals surface area contributed by atoms with Crippen molar-refractivity contribution < 1.29 is 4.79 Å². The summed E-state index contributed by atoms with van der Waals surface area (Å²) >= 11 is 0. The van der Waals surface area contributed by atoms with Crippen molar-refractivity contribution in [1.82, 2.24) is 9.80 Å². The van der Waals surface area contributed by atoms with Crippen molar-refractivity contribution in [3.8, 4) is 0 Å². The molecule has 3 heteroatoms. The maximum atomic E-state index is 12.2. The smallest absolute Gasteiger partial charge is 0.223 e. The molecule has 2 rings (SSSR count). The lowest BCUT2D eigenvalue weighted by Gasteiger charge is -2.42. The van der Waals surface area contributed by atoms with Crippen LogP contribution in [0.25, 0.3) is 0 Å². The van der Waals surface area contributed by atoms with Gasteiger partial charge in [-0.1, -0.05) is 0 Å². The fourth-order valence-corrected chi connectivity index (χ4v) is 3.15. The Bertz CT molecular complexity index is 306. The van der Waals surface area contributed by atoms with Gasteiger partial charge in [-0.2, -0.15) is 0 Å². The second kappa shape index (κ2) is 4.27. The van der Waals surface area contributed by atoms with Crippen LogP contribution in [0.5, 0.6) is 0 Å². The molecule has 1 amide bonds. The zero-order valence-electron chi connectivity index (χ0n) is 11.9. The number of nitrogens with zero attached hydrogens (tertiary/aromatic N) is 2. The lowest BCUT2D eigenvalue weighted by molar-refractivity contribution is -0.141. The number of hydrogen-bond donors (Lipinski definition) is 0. The number of fused-ring (bicyclic) bond motifs is 1. The second-order valence-corrected chi connectivity index (χ2v) is 6.95. The van der Waals surface area contributed by atoms with E-state index in [9.17, 15) is 4.79 Å². The molecule has 0 aromatic heterocycles. The number of carbonyl (C=O) groups is 1. The first kappa shape index (κ1) is 12.9. The summed E-state index contributed by atoms with van der Waals surface area (Å²) in [5.41, 5.74) is -0.0205. The molecule has 2 atom stereocenters. The molecule has 3 nitrogen and oxygen atoms in total. The van der Waals surface area contributed by atoms with Gasteiger partial charge in [-0.15, -0.1) is 0 Å². The van der Waals surface area contributed by atoms with Crippen molar-refractivity contribution in [2.75, 3.05) is 19.6 Å². The van der Waals surface area contributed by atoms with E-state index in [4.69, 9.17) is 0 Å². The molecular weight excluding hydrogens is 212 g/mol. The molecule has 0 saturated carbocycles. The Morgan fingerprint density at radius 1 is 1.12 bits per heavy atom. The van der Waals surface area contributed by atoms with E-state index in [2.05, 4.69) is 44.4 Å². The van der Waals surface area contributed by atoms with Gasteiger partial charge in [-0.05, 0) is 46.5 Å². The van der Waals surface area contributed by atoms with Crippen molar-refractivity contribution in [3.05, 3.63) is 0 Å². The molecular formula is C14H26N2O. The summed E-state index contributed by atoms with van der Waals surface area (Å²) in [5, 5.41) is 0. The van der Waals surface area contributed by atoms with Crippen LogP contribution in [0.2, 0.25) is 0 Å². The van der Waals surface area contributed by atoms with Crippen molar-refractivity contribution >= 4 is 5.91 Å². The highest BCUT2D eigenvalue weighted by molar-refractivity contribution is 5.78. The fraction of sp³-hybridized carbons (Fsp3) is 0.929. The summed E-state index contributed by atoms with van der Waals surface area (Å²) < 4.78 is 0. The van der Waals surface area contributed by atoms with Crippen LogP contribution >= 0.6 is 0 Å². The van der Waals surface area contributed by atoms with Gasteiger partial charge in [-0.3, -0.25) is 4.79 Å². The number of hydrogen-bond acceptors (Lipinski definition) is 2. The zero-order chi connectivity index (χ0) is 12.8. The van der Waals surface area contributed by atoms with Crippen LogP contribution in [-0.2, 0) is 4.79 Å². The number of carbonyl (C=O) groups excluding carboxylic acids is 1. The zero-order valence-corrected chi connectivity index (χ0v) is 11.9. The van der Waals surface area contributed by atoms with Gasteiger partial charge in [0.2, 0.25) is 5.91 Å². The standard InChI is InChI=1S/C14H26N2O/c1-10(2)15-7-11-6-13(17)16(14(3,4)5)9-12(11)8-15/h10-12H,6-9H2,1-5H3. The third-order valence-corrected chi connectivity index (χ3v) is 4.30. The molecule has 0 aromatic carbocycles. The summed E-state index contributed by atoms with van der Waals surface area (Å²) in [5.74, 6) is 1.64. The number of likely N-dealkylation sites (tertiary alicyclic amines) is 2. The Kier molecular flexibility index (Phi) is 3.23. The molecule has 2 unspecified atom stereocenters. The van der Waals surface area contributed by atoms with Crippen molar-refractivity contribution in [1.29, 1.82) is 0 Å². The number of rotatable bonds is 1. The van der Waals surface area contributed by atoms with Gasteiger partial charge < -0.3 is 9.80 Å². The third kappa shape index (κ3) is 2.49. The van der Waals surface area contributed by atoms with Crippen molar-refractivity contribution in [2.45, 2.75) is 52.6 Å². The highest BCUT2D eigenvalue weighted by Crippen LogP contribution is 2.35. The predicted molar refractivity (Wildman–Crippen MR) is 69.8 cm³/mol. The van der Waals surface area contributed by atoms with Gasteiger partial charge in [0.25, 0.3) is 0 Å². The Morgan fingerprint density at radius 3 is 2.24 bits per heavy atom. The van der Waals surface area contributed by atoms with Crippen LogP contribution in [0.1, 0.15) is 41.0 Å². The van der Waals surface area contributed by atoms with E-state index in [0.29, 0.717) is 23.8 Å². The Hall–Kier alpha value is -0.570. The molecule has 2 aliphatic rings. The third-order valence-electron chi connectivity index (χ3n) is 4.30. The fourth-order valence-electron chi connectivity index (χ4n) is 3.15. The highest BCUT2D eigenvalue weighted by Gasteiger charge is 2.43. The van der Waals surface area contributed by atoms with E-state index in [0.717, 1.165) is 19.5 Å². The minimum Gasteiger partial charge on any atom is -0.338 e. The van der Waals surface area contributed by atoms with E-state index < -0.39 is 0 Å². The van der Waals surface area contributed by atoms with E-state index >= 15 is 0 Å². The predicted octanol–water partition coefficient (Wildman–Crippen LogP) is 1.97. The molecule has 2 heterocycles. The van der Waals surface area contributed by atoms with E-state index in [1.165, 1.54) is 6.54 Å². The molecule has 0 aromatic rings. The lowest BCUT2D eigenvalue weighted by atomic mass is 9.86. The van der Waals surface area contributed by atoms with Gasteiger partial charge in [-0.25, -0.2) is 0 Å². The van der Waals surface area contributed by atoms with Crippen LogP contribution < -0.4 is 0 Å². The molecule has 98 valence electrons. The molecule has 0 radical (unpaired) electrons. The molecule has 0 spiro atoms. The van der Waals surface area contributed by atoms with Gasteiger partial charge in [0.05, 0.1) is 0 Å². The number of piperidine rings is 1. The van der Waals surface area contributed by atoms with Crippen LogP contribution in [0.4, 0.5) is 0 Å². The second-order valence-electron chi connectivity index (χ2n) is 6.95. The monoisotopic (exact) mass is 238 g/mol. The number of amides is 1. The average molecular weight is 238 g/mol. The van der Waals surface area contributed by atoms with Crippen LogP contribution in [0, 0.1) is 11.8 Å². The van der Waals surface area contributed by atoms with Gasteiger partial charge >= 0.3 is 0 Å². The molecule has 2 saturated heterocycles. The topological polar surface area (TPSA) is 23.6 Å². The minimum absolute atomic E-state index is 0.0205. The lowest BCUT2D eigenvalue weighted by Crippen LogP contribution is -2.52. The summed E-state index contributed by atoms with van der Waals surface area (Å²) in [7, 11) is 0. The summed E-state index contributed by atoms with van der Waals surface area (Å²) in [4.78, 5) is 16.8. The molecule has 0 bridgehead atoms. The summed E-state index contributed by atoms with van der Waals surface area (Å²) in [6, 6.07) is 0.610. The van der Waals surface area contributed by atoms with Crippen molar-refractivity contribution in [2.24, 2.45) is 11.8 Å². The molecule has 0 aliphatic carbocycles. The highest BCUT2D eigenvalue weighted by atomic mass is 16.2. The Labute approximate surface area is 105 Å². The van der Waals surface area contributed by atoms with Gasteiger partial charge in [0.1, 0.15) is 0 Å². The van der Waals surface area contributed by atoms with Crippen molar-refractivity contribution in [3.63, 3.8) is 0 Å². The molecule has 17 heavy (non-hydrogen) atoms. The van der Waals surface area contributed by atoms with E-state index in [1.807, 2.05) is 0 Å². The minimum atomic E-state index is -0.0205. The maximum Gasteiger partial charge on any atom is 0.223 e. The molecule has 2 aliphatic heterocycles. The van der Waals surface area contributed by atoms with Gasteiger partial charge in [0, 0.05) is 37.6 Å². The Morgan fingerprint density at radius 2 is 1.71 bits per heavy atom. The summed E-state index contributed by atoms with van der Waals surface area (Å²) in [6.45, 7) is 14.2.